The number of nitrogens with zero attached hydrogens (tertiary/aromatic N) is 1. The van der Waals surface area contributed by atoms with Crippen LogP contribution in [-0.2, 0) is 21.0 Å². The first-order valence-corrected chi connectivity index (χ1v) is 15.3. The van der Waals surface area contributed by atoms with Crippen molar-refractivity contribution in [3.05, 3.63) is 77.4 Å². The van der Waals surface area contributed by atoms with Gasteiger partial charge in [0.15, 0.2) is 9.84 Å². The molecule has 3 rings (SSSR count). The molecule has 1 unspecified atom stereocenters. The van der Waals surface area contributed by atoms with Gasteiger partial charge in [0.1, 0.15) is 18.1 Å². The average Bonchev–Trinajstić information content (AvgIpc) is 2.93. The van der Waals surface area contributed by atoms with Crippen molar-refractivity contribution in [1.82, 2.24) is 4.90 Å². The summed E-state index contributed by atoms with van der Waals surface area (Å²) in [6, 6.07) is 14.5. The number of morpholine rings is 1. The minimum absolute atomic E-state index is 0.310. The molecule has 0 bridgehead atoms. The lowest BCUT2D eigenvalue weighted by atomic mass is 9.95. The van der Waals surface area contributed by atoms with Crippen molar-refractivity contribution in [3.63, 3.8) is 0 Å². The summed E-state index contributed by atoms with van der Waals surface area (Å²) >= 11 is 0. The smallest absolute Gasteiger partial charge is 0.184 e. The molecule has 2 aromatic carbocycles. The van der Waals surface area contributed by atoms with Crippen molar-refractivity contribution in [1.29, 1.82) is 0 Å². The van der Waals surface area contributed by atoms with Gasteiger partial charge in [-0.1, -0.05) is 35.4 Å². The maximum absolute atomic E-state index is 14.0. The van der Waals surface area contributed by atoms with E-state index < -0.39 is 14.6 Å². The summed E-state index contributed by atoms with van der Waals surface area (Å²) in [6.07, 6.45) is 7.02. The highest BCUT2D eigenvalue weighted by atomic mass is 32.2. The molecule has 0 aliphatic carbocycles. The average molecular weight is 556 g/mol. The summed E-state index contributed by atoms with van der Waals surface area (Å²) in [6.45, 7) is 13.0. The molecule has 0 saturated carbocycles. The van der Waals surface area contributed by atoms with Crippen molar-refractivity contribution in [2.75, 3.05) is 46.6 Å². The SMILES string of the molecule is COc1ccc(S(=O)(=O)C(C)(C/C=C(\C)CCC=C(C)C)Cc2ccc(OCCN3CCOCC3)cc2)cc1. The molecule has 1 atom stereocenters. The second kappa shape index (κ2) is 14.7. The number of allylic oxidation sites excluding steroid dienone is 4. The molecule has 1 heterocycles. The fraction of sp³-hybridized carbons (Fsp3) is 0.500. The van der Waals surface area contributed by atoms with Gasteiger partial charge in [-0.3, -0.25) is 4.90 Å². The highest BCUT2D eigenvalue weighted by molar-refractivity contribution is 7.92. The lowest BCUT2D eigenvalue weighted by Crippen LogP contribution is -2.38. The van der Waals surface area contributed by atoms with Crippen molar-refractivity contribution in [2.45, 2.75) is 63.0 Å². The van der Waals surface area contributed by atoms with E-state index in [0.29, 0.717) is 30.1 Å². The lowest BCUT2D eigenvalue weighted by Gasteiger charge is -2.29. The maximum atomic E-state index is 14.0. The van der Waals surface area contributed by atoms with E-state index in [1.807, 2.05) is 31.2 Å². The maximum Gasteiger partial charge on any atom is 0.184 e. The Kier molecular flexibility index (Phi) is 11.6. The minimum atomic E-state index is -3.65. The van der Waals surface area contributed by atoms with Gasteiger partial charge in [0.2, 0.25) is 0 Å². The first kappa shape index (κ1) is 30.9. The second-order valence-corrected chi connectivity index (χ2v) is 13.3. The lowest BCUT2D eigenvalue weighted by molar-refractivity contribution is 0.0322. The Bertz CT molecular complexity index is 1190. The number of sulfone groups is 1. The van der Waals surface area contributed by atoms with E-state index in [1.165, 1.54) is 11.1 Å². The van der Waals surface area contributed by atoms with Crippen LogP contribution in [-0.4, -0.2) is 64.6 Å². The highest BCUT2D eigenvalue weighted by Crippen LogP contribution is 2.34. The zero-order valence-corrected chi connectivity index (χ0v) is 25.1. The van der Waals surface area contributed by atoms with Crippen LogP contribution in [0, 0.1) is 0 Å². The van der Waals surface area contributed by atoms with Gasteiger partial charge in [-0.15, -0.1) is 0 Å². The van der Waals surface area contributed by atoms with Gasteiger partial charge >= 0.3 is 0 Å². The molecule has 1 aliphatic heterocycles. The molecule has 214 valence electrons. The van der Waals surface area contributed by atoms with E-state index in [1.54, 1.807) is 31.4 Å². The van der Waals surface area contributed by atoms with Crippen LogP contribution in [0.5, 0.6) is 11.5 Å². The van der Waals surface area contributed by atoms with Gasteiger partial charge in [-0.05, 0) is 95.3 Å². The molecule has 0 spiro atoms. The third-order valence-corrected chi connectivity index (χ3v) is 9.77. The molecule has 1 saturated heterocycles. The Morgan fingerprint density at radius 3 is 2.23 bits per heavy atom. The topological polar surface area (TPSA) is 65.1 Å². The Morgan fingerprint density at radius 2 is 1.62 bits per heavy atom. The van der Waals surface area contributed by atoms with Gasteiger partial charge < -0.3 is 14.2 Å². The largest absolute Gasteiger partial charge is 0.497 e. The van der Waals surface area contributed by atoms with Crippen molar-refractivity contribution in [3.8, 4) is 11.5 Å². The van der Waals surface area contributed by atoms with E-state index in [9.17, 15) is 8.42 Å². The molecule has 1 fully saturated rings. The van der Waals surface area contributed by atoms with Gasteiger partial charge in [0.25, 0.3) is 0 Å². The van der Waals surface area contributed by atoms with E-state index in [4.69, 9.17) is 14.2 Å². The minimum Gasteiger partial charge on any atom is -0.497 e. The van der Waals surface area contributed by atoms with E-state index in [0.717, 1.165) is 57.0 Å². The third kappa shape index (κ3) is 9.23. The fourth-order valence-corrected chi connectivity index (χ4v) is 6.37. The monoisotopic (exact) mass is 555 g/mol. The highest BCUT2D eigenvalue weighted by Gasteiger charge is 2.39. The molecule has 7 heteroatoms. The van der Waals surface area contributed by atoms with Crippen molar-refractivity contribution in [2.24, 2.45) is 0 Å². The summed E-state index contributed by atoms with van der Waals surface area (Å²) < 4.78 is 43.6. The van der Waals surface area contributed by atoms with Crippen molar-refractivity contribution < 1.29 is 22.6 Å². The normalized spacial score (nSPS) is 16.4. The Morgan fingerprint density at radius 1 is 0.974 bits per heavy atom. The van der Waals surface area contributed by atoms with Gasteiger partial charge in [0.05, 0.1) is 30.0 Å². The number of rotatable bonds is 14. The van der Waals surface area contributed by atoms with Gasteiger partial charge in [0, 0.05) is 19.6 Å². The Balaban J connectivity index is 1.75. The molecular weight excluding hydrogens is 510 g/mol. The van der Waals surface area contributed by atoms with Crippen LogP contribution >= 0.6 is 0 Å². The first-order valence-electron chi connectivity index (χ1n) is 13.8. The summed E-state index contributed by atoms with van der Waals surface area (Å²) in [4.78, 5) is 2.65. The molecule has 1 aliphatic rings. The quantitative estimate of drug-likeness (QED) is 0.256. The molecule has 0 aromatic heterocycles. The molecule has 0 N–H and O–H groups in total. The standard InChI is InChI=1S/C32H45NO5S/c1-26(2)7-6-8-27(3)17-18-32(4,39(34,35)31-15-13-29(36-5)14-16-31)25-28-9-11-30(12-10-28)38-24-21-33-19-22-37-23-20-33/h7,9-17H,6,8,18-25H2,1-5H3/b27-17+. The predicted octanol–water partition coefficient (Wildman–Crippen LogP) is 6.26. The van der Waals surface area contributed by atoms with Crippen LogP contribution in [0.3, 0.4) is 0 Å². The van der Waals surface area contributed by atoms with Crippen molar-refractivity contribution >= 4 is 9.84 Å². The molecule has 2 aromatic rings. The van der Waals surface area contributed by atoms with Gasteiger partial charge in [-0.25, -0.2) is 8.42 Å². The summed E-state index contributed by atoms with van der Waals surface area (Å²) in [5.41, 5.74) is 3.46. The zero-order chi connectivity index (χ0) is 28.3. The molecule has 6 nitrogen and oxygen atoms in total. The number of benzene rings is 2. The summed E-state index contributed by atoms with van der Waals surface area (Å²) in [5, 5.41) is 0. The number of ether oxygens (including phenoxy) is 3. The molecule has 39 heavy (non-hydrogen) atoms. The summed E-state index contributed by atoms with van der Waals surface area (Å²) in [7, 11) is -2.07. The van der Waals surface area contributed by atoms with E-state index in [-0.39, 0.29) is 0 Å². The zero-order valence-electron chi connectivity index (χ0n) is 24.2. The molecule has 0 radical (unpaired) electrons. The van der Waals surface area contributed by atoms with Crippen LogP contribution in [0.1, 0.15) is 52.5 Å². The summed E-state index contributed by atoms with van der Waals surface area (Å²) in [5.74, 6) is 1.43. The van der Waals surface area contributed by atoms with Crippen LogP contribution < -0.4 is 9.47 Å². The molecule has 0 amide bonds. The Hall–Kier alpha value is -2.61. The van der Waals surface area contributed by atoms with Crippen LogP contribution in [0.15, 0.2) is 76.7 Å². The van der Waals surface area contributed by atoms with Crippen LogP contribution in [0.25, 0.3) is 0 Å². The van der Waals surface area contributed by atoms with Crippen LogP contribution in [0.2, 0.25) is 0 Å². The number of hydrogen-bond donors (Lipinski definition) is 0. The predicted molar refractivity (Wildman–Crippen MR) is 159 cm³/mol. The fourth-order valence-electron chi connectivity index (χ4n) is 4.65. The Labute approximate surface area is 235 Å². The number of methoxy groups -OCH3 is 1. The number of hydrogen-bond acceptors (Lipinski definition) is 6. The van der Waals surface area contributed by atoms with Gasteiger partial charge in [-0.2, -0.15) is 0 Å². The van der Waals surface area contributed by atoms with E-state index in [2.05, 4.69) is 37.8 Å². The van der Waals surface area contributed by atoms with E-state index >= 15 is 0 Å². The first-order chi connectivity index (χ1) is 18.6. The third-order valence-electron chi connectivity index (χ3n) is 7.27. The second-order valence-electron chi connectivity index (χ2n) is 10.8. The van der Waals surface area contributed by atoms with Crippen LogP contribution in [0.4, 0.5) is 0 Å². The molecular formula is C32H45NO5S.